The number of aromatic nitrogens is 1. The SMILES string of the molecule is O=C(NCC#CCOc1ccc(F)cc1F)c1ccncc1. The number of carbonyl (C=O) groups excluding carboxylic acids is 1. The molecule has 0 bridgehead atoms. The van der Waals surface area contributed by atoms with Gasteiger partial charge in [-0.1, -0.05) is 11.8 Å². The third kappa shape index (κ3) is 4.56. The number of halogens is 2. The van der Waals surface area contributed by atoms with Crippen LogP contribution >= 0.6 is 0 Å². The Labute approximate surface area is 126 Å². The van der Waals surface area contributed by atoms with Crippen molar-refractivity contribution in [2.45, 2.75) is 0 Å². The molecule has 2 aromatic rings. The molecule has 0 spiro atoms. The minimum absolute atomic E-state index is 0.0618. The second-order valence-corrected chi connectivity index (χ2v) is 4.14. The third-order valence-corrected chi connectivity index (χ3v) is 2.60. The van der Waals surface area contributed by atoms with Gasteiger partial charge in [0.25, 0.3) is 5.91 Å². The van der Waals surface area contributed by atoms with Crippen LogP contribution in [0.4, 0.5) is 8.78 Å². The summed E-state index contributed by atoms with van der Waals surface area (Å²) in [6.45, 7) is 0.0735. The summed E-state index contributed by atoms with van der Waals surface area (Å²) in [5.41, 5.74) is 0.487. The summed E-state index contributed by atoms with van der Waals surface area (Å²) in [4.78, 5) is 15.5. The Morgan fingerprint density at radius 3 is 2.68 bits per heavy atom. The topological polar surface area (TPSA) is 51.2 Å². The standard InChI is InChI=1S/C16H12F2N2O2/c17-13-3-4-15(14(18)11-13)22-10-2-1-7-20-16(21)12-5-8-19-9-6-12/h3-6,8-9,11H,7,10H2,(H,20,21). The molecule has 1 N–H and O–H groups in total. The fourth-order valence-corrected chi connectivity index (χ4v) is 1.55. The lowest BCUT2D eigenvalue weighted by Crippen LogP contribution is -2.23. The zero-order chi connectivity index (χ0) is 15.8. The molecule has 0 atom stereocenters. The van der Waals surface area contributed by atoms with E-state index >= 15 is 0 Å². The average molecular weight is 302 g/mol. The number of hydrogen-bond donors (Lipinski definition) is 1. The van der Waals surface area contributed by atoms with E-state index in [0.29, 0.717) is 5.56 Å². The van der Waals surface area contributed by atoms with E-state index < -0.39 is 11.6 Å². The molecular weight excluding hydrogens is 290 g/mol. The first-order valence-electron chi connectivity index (χ1n) is 6.38. The van der Waals surface area contributed by atoms with Gasteiger partial charge in [-0.15, -0.1) is 0 Å². The van der Waals surface area contributed by atoms with Crippen LogP contribution in [0.2, 0.25) is 0 Å². The summed E-state index contributed by atoms with van der Waals surface area (Å²) in [6, 6.07) is 6.20. The maximum atomic E-state index is 13.2. The Morgan fingerprint density at radius 2 is 1.95 bits per heavy atom. The summed E-state index contributed by atoms with van der Waals surface area (Å²) < 4.78 is 31.0. The molecule has 0 fully saturated rings. The zero-order valence-electron chi connectivity index (χ0n) is 11.5. The molecule has 1 heterocycles. The van der Waals surface area contributed by atoms with Crippen LogP contribution in [-0.4, -0.2) is 24.0 Å². The van der Waals surface area contributed by atoms with E-state index in [2.05, 4.69) is 22.1 Å². The van der Waals surface area contributed by atoms with Gasteiger partial charge in [0.2, 0.25) is 0 Å². The van der Waals surface area contributed by atoms with Crippen LogP contribution in [0.15, 0.2) is 42.7 Å². The van der Waals surface area contributed by atoms with Crippen LogP contribution in [-0.2, 0) is 0 Å². The van der Waals surface area contributed by atoms with Crippen molar-refractivity contribution in [2.75, 3.05) is 13.2 Å². The van der Waals surface area contributed by atoms with Crippen molar-refractivity contribution >= 4 is 5.91 Å². The largest absolute Gasteiger partial charge is 0.478 e. The van der Waals surface area contributed by atoms with Crippen molar-refractivity contribution in [3.63, 3.8) is 0 Å². The number of ether oxygens (including phenoxy) is 1. The van der Waals surface area contributed by atoms with Crippen LogP contribution < -0.4 is 10.1 Å². The van der Waals surface area contributed by atoms with Crippen molar-refractivity contribution < 1.29 is 18.3 Å². The van der Waals surface area contributed by atoms with Gasteiger partial charge >= 0.3 is 0 Å². The normalized spacial score (nSPS) is 9.55. The highest BCUT2D eigenvalue weighted by molar-refractivity contribution is 5.94. The van der Waals surface area contributed by atoms with Crippen LogP contribution in [0, 0.1) is 23.5 Å². The molecule has 4 nitrogen and oxygen atoms in total. The van der Waals surface area contributed by atoms with Gasteiger partial charge in [0.05, 0.1) is 6.54 Å². The fourth-order valence-electron chi connectivity index (χ4n) is 1.55. The van der Waals surface area contributed by atoms with Crippen molar-refractivity contribution in [3.05, 3.63) is 59.9 Å². The van der Waals surface area contributed by atoms with Crippen molar-refractivity contribution in [3.8, 4) is 17.6 Å². The first kappa shape index (κ1) is 15.4. The van der Waals surface area contributed by atoms with Crippen LogP contribution in [0.5, 0.6) is 5.75 Å². The monoisotopic (exact) mass is 302 g/mol. The molecule has 112 valence electrons. The highest BCUT2D eigenvalue weighted by Crippen LogP contribution is 2.17. The molecule has 0 aliphatic heterocycles. The minimum atomic E-state index is -0.784. The summed E-state index contributed by atoms with van der Waals surface area (Å²) in [7, 11) is 0. The smallest absolute Gasteiger partial charge is 0.252 e. The lowest BCUT2D eigenvalue weighted by Gasteiger charge is -2.03. The molecule has 1 aromatic heterocycles. The van der Waals surface area contributed by atoms with Gasteiger partial charge in [0.15, 0.2) is 11.6 Å². The van der Waals surface area contributed by atoms with Gasteiger partial charge in [-0.05, 0) is 24.3 Å². The van der Waals surface area contributed by atoms with Gasteiger partial charge < -0.3 is 10.1 Å². The maximum Gasteiger partial charge on any atom is 0.252 e. The fraction of sp³-hybridized carbons (Fsp3) is 0.125. The average Bonchev–Trinajstić information content (AvgIpc) is 2.53. The Kier molecular flexibility index (Phi) is 5.44. The number of amides is 1. The third-order valence-electron chi connectivity index (χ3n) is 2.60. The number of nitrogens with one attached hydrogen (secondary N) is 1. The lowest BCUT2D eigenvalue weighted by atomic mass is 10.2. The summed E-state index contributed by atoms with van der Waals surface area (Å²) in [5.74, 6) is 3.50. The molecule has 1 amide bonds. The molecule has 0 aliphatic rings. The summed E-state index contributed by atoms with van der Waals surface area (Å²) in [6.07, 6.45) is 3.04. The number of benzene rings is 1. The molecule has 2 rings (SSSR count). The van der Waals surface area contributed by atoms with E-state index in [4.69, 9.17) is 4.74 Å². The van der Waals surface area contributed by atoms with Crippen molar-refractivity contribution in [1.29, 1.82) is 0 Å². The number of carbonyl (C=O) groups is 1. The highest BCUT2D eigenvalue weighted by atomic mass is 19.1. The van der Waals surface area contributed by atoms with Gasteiger partial charge in [-0.2, -0.15) is 0 Å². The second kappa shape index (κ2) is 7.74. The van der Waals surface area contributed by atoms with Crippen molar-refractivity contribution in [2.24, 2.45) is 0 Å². The molecule has 0 aliphatic carbocycles. The van der Waals surface area contributed by atoms with E-state index in [1.807, 2.05) is 0 Å². The molecule has 0 unspecified atom stereocenters. The zero-order valence-corrected chi connectivity index (χ0v) is 11.5. The predicted octanol–water partition coefficient (Wildman–Crippen LogP) is 2.17. The van der Waals surface area contributed by atoms with E-state index in [1.165, 1.54) is 18.5 Å². The Hall–Kier alpha value is -2.94. The van der Waals surface area contributed by atoms with Gasteiger partial charge in [-0.3, -0.25) is 9.78 Å². The van der Waals surface area contributed by atoms with Crippen LogP contribution in [0.1, 0.15) is 10.4 Å². The van der Waals surface area contributed by atoms with E-state index in [9.17, 15) is 13.6 Å². The highest BCUT2D eigenvalue weighted by Gasteiger charge is 2.03. The van der Waals surface area contributed by atoms with E-state index in [1.54, 1.807) is 12.1 Å². The number of hydrogen-bond acceptors (Lipinski definition) is 3. The molecule has 0 radical (unpaired) electrons. The molecular formula is C16H12F2N2O2. The quantitative estimate of drug-likeness (QED) is 0.881. The Bertz CT molecular complexity index is 709. The molecule has 0 saturated heterocycles. The van der Waals surface area contributed by atoms with Crippen molar-refractivity contribution in [1.82, 2.24) is 10.3 Å². The first-order valence-corrected chi connectivity index (χ1v) is 6.38. The van der Waals surface area contributed by atoms with Crippen LogP contribution in [0.3, 0.4) is 0 Å². The molecule has 1 aromatic carbocycles. The predicted molar refractivity (Wildman–Crippen MR) is 76.2 cm³/mol. The maximum absolute atomic E-state index is 13.2. The van der Waals surface area contributed by atoms with E-state index in [0.717, 1.165) is 12.1 Å². The molecule has 0 saturated carbocycles. The van der Waals surface area contributed by atoms with Gasteiger partial charge in [0, 0.05) is 24.0 Å². The van der Waals surface area contributed by atoms with E-state index in [-0.39, 0.29) is 24.8 Å². The Balaban J connectivity index is 1.74. The minimum Gasteiger partial charge on any atom is -0.478 e. The first-order chi connectivity index (χ1) is 10.7. The van der Waals surface area contributed by atoms with Crippen LogP contribution in [0.25, 0.3) is 0 Å². The second-order valence-electron chi connectivity index (χ2n) is 4.14. The summed E-state index contributed by atoms with van der Waals surface area (Å²) in [5, 5.41) is 2.60. The number of nitrogens with zero attached hydrogens (tertiary/aromatic N) is 1. The van der Waals surface area contributed by atoms with Gasteiger partial charge in [-0.25, -0.2) is 8.78 Å². The lowest BCUT2D eigenvalue weighted by molar-refractivity contribution is 0.0958. The van der Waals surface area contributed by atoms with Gasteiger partial charge in [0.1, 0.15) is 12.4 Å². The Morgan fingerprint density at radius 1 is 1.18 bits per heavy atom. The number of pyridine rings is 1. The molecule has 22 heavy (non-hydrogen) atoms. The summed E-state index contributed by atoms with van der Waals surface area (Å²) >= 11 is 0. The number of rotatable bonds is 4. The molecule has 6 heteroatoms.